The van der Waals surface area contributed by atoms with Crippen LogP contribution < -0.4 is 5.32 Å². The lowest BCUT2D eigenvalue weighted by atomic mass is 10.1. The molecule has 1 amide bonds. The van der Waals surface area contributed by atoms with Crippen molar-refractivity contribution in [2.24, 2.45) is 0 Å². The molecule has 0 spiro atoms. The number of hydrogen-bond acceptors (Lipinski definition) is 3. The predicted octanol–water partition coefficient (Wildman–Crippen LogP) is 1.94. The number of cyclic esters (lactones) is 1. The second-order valence-electron chi connectivity index (χ2n) is 4.27. The van der Waals surface area contributed by atoms with E-state index in [-0.39, 0.29) is 11.9 Å². The second kappa shape index (κ2) is 7.87. The van der Waals surface area contributed by atoms with E-state index < -0.39 is 6.04 Å². The first-order valence-corrected chi connectivity index (χ1v) is 6.37. The third-order valence-corrected chi connectivity index (χ3v) is 2.75. The molecular formula is C13H21NO3. The van der Waals surface area contributed by atoms with Crippen molar-refractivity contribution in [3.05, 3.63) is 12.2 Å². The van der Waals surface area contributed by atoms with Gasteiger partial charge in [-0.25, -0.2) is 4.79 Å². The van der Waals surface area contributed by atoms with E-state index in [9.17, 15) is 9.59 Å². The summed E-state index contributed by atoms with van der Waals surface area (Å²) in [7, 11) is 0. The molecule has 0 radical (unpaired) electrons. The number of nitrogens with one attached hydrogen (secondary N) is 1. The van der Waals surface area contributed by atoms with E-state index in [0.717, 1.165) is 12.8 Å². The van der Waals surface area contributed by atoms with Crippen LogP contribution in [-0.4, -0.2) is 24.5 Å². The van der Waals surface area contributed by atoms with E-state index in [1.165, 1.54) is 25.3 Å². The Morgan fingerprint density at radius 1 is 1.47 bits per heavy atom. The van der Waals surface area contributed by atoms with Crippen molar-refractivity contribution < 1.29 is 14.3 Å². The maximum absolute atomic E-state index is 11.4. The summed E-state index contributed by atoms with van der Waals surface area (Å²) in [6.07, 6.45) is 9.66. The van der Waals surface area contributed by atoms with Crippen LogP contribution in [0, 0.1) is 0 Å². The first kappa shape index (κ1) is 13.7. The minimum Gasteiger partial charge on any atom is -0.464 e. The van der Waals surface area contributed by atoms with Crippen molar-refractivity contribution in [3.8, 4) is 0 Å². The topological polar surface area (TPSA) is 55.4 Å². The molecule has 1 saturated heterocycles. The number of carbonyl (C=O) groups is 2. The number of unbranched alkanes of at least 4 members (excludes halogenated alkanes) is 4. The number of rotatable bonds is 7. The smallest absolute Gasteiger partial charge is 0.328 e. The van der Waals surface area contributed by atoms with Crippen LogP contribution >= 0.6 is 0 Å². The van der Waals surface area contributed by atoms with E-state index in [2.05, 4.69) is 12.2 Å². The number of esters is 1. The molecule has 1 fully saturated rings. The van der Waals surface area contributed by atoms with Crippen LogP contribution in [-0.2, 0) is 14.3 Å². The summed E-state index contributed by atoms with van der Waals surface area (Å²) >= 11 is 0. The van der Waals surface area contributed by atoms with Crippen LogP contribution in [0.1, 0.15) is 45.4 Å². The first-order chi connectivity index (χ1) is 8.24. The Bertz CT molecular complexity index is 286. The fraction of sp³-hybridized carbons (Fsp3) is 0.692. The van der Waals surface area contributed by atoms with E-state index >= 15 is 0 Å². The number of amides is 1. The molecule has 0 bridgehead atoms. The van der Waals surface area contributed by atoms with Gasteiger partial charge in [0, 0.05) is 6.42 Å². The Labute approximate surface area is 102 Å². The summed E-state index contributed by atoms with van der Waals surface area (Å²) in [6, 6.07) is -0.452. The highest BCUT2D eigenvalue weighted by Gasteiger charge is 2.26. The third kappa shape index (κ3) is 5.52. The van der Waals surface area contributed by atoms with Crippen molar-refractivity contribution in [2.45, 2.75) is 51.5 Å². The van der Waals surface area contributed by atoms with Gasteiger partial charge in [0.15, 0.2) is 0 Å². The van der Waals surface area contributed by atoms with Crippen molar-refractivity contribution in [1.82, 2.24) is 5.32 Å². The highest BCUT2D eigenvalue weighted by atomic mass is 16.5. The van der Waals surface area contributed by atoms with Gasteiger partial charge in [0.2, 0.25) is 5.91 Å². The molecule has 4 nitrogen and oxygen atoms in total. The van der Waals surface area contributed by atoms with Crippen molar-refractivity contribution in [1.29, 1.82) is 0 Å². The molecule has 1 unspecified atom stereocenters. The van der Waals surface area contributed by atoms with Crippen LogP contribution in [0.3, 0.4) is 0 Å². The van der Waals surface area contributed by atoms with E-state index in [4.69, 9.17) is 4.74 Å². The maximum atomic E-state index is 11.4. The van der Waals surface area contributed by atoms with Gasteiger partial charge >= 0.3 is 5.97 Å². The molecule has 0 aromatic carbocycles. The molecule has 1 atom stereocenters. The Balaban J connectivity index is 2.11. The van der Waals surface area contributed by atoms with Gasteiger partial charge in [0.25, 0.3) is 0 Å². The van der Waals surface area contributed by atoms with E-state index in [1.807, 2.05) is 6.08 Å². The van der Waals surface area contributed by atoms with Crippen LogP contribution in [0.25, 0.3) is 0 Å². The van der Waals surface area contributed by atoms with Gasteiger partial charge < -0.3 is 10.1 Å². The largest absolute Gasteiger partial charge is 0.464 e. The minimum atomic E-state index is -0.452. The molecule has 0 aromatic heterocycles. The van der Waals surface area contributed by atoms with Crippen molar-refractivity contribution >= 4 is 11.9 Å². The molecule has 1 aliphatic rings. The fourth-order valence-electron chi connectivity index (χ4n) is 1.73. The normalized spacial score (nSPS) is 19.6. The van der Waals surface area contributed by atoms with Crippen molar-refractivity contribution in [2.75, 3.05) is 6.61 Å². The summed E-state index contributed by atoms with van der Waals surface area (Å²) in [5.74, 6) is -0.529. The fourth-order valence-corrected chi connectivity index (χ4v) is 1.73. The average molecular weight is 239 g/mol. The number of allylic oxidation sites excluding steroid dienone is 1. The molecule has 17 heavy (non-hydrogen) atoms. The monoisotopic (exact) mass is 239 g/mol. The van der Waals surface area contributed by atoms with Gasteiger partial charge in [-0.1, -0.05) is 32.3 Å². The van der Waals surface area contributed by atoms with Gasteiger partial charge in [-0.2, -0.15) is 0 Å². The van der Waals surface area contributed by atoms with Gasteiger partial charge in [-0.15, -0.1) is 0 Å². The van der Waals surface area contributed by atoms with Crippen LogP contribution in [0.2, 0.25) is 0 Å². The second-order valence-corrected chi connectivity index (χ2v) is 4.27. The summed E-state index contributed by atoms with van der Waals surface area (Å²) in [4.78, 5) is 22.5. The highest BCUT2D eigenvalue weighted by Crippen LogP contribution is 2.06. The molecule has 1 heterocycles. The first-order valence-electron chi connectivity index (χ1n) is 6.37. The Kier molecular flexibility index (Phi) is 6.37. The Morgan fingerprint density at radius 2 is 2.29 bits per heavy atom. The van der Waals surface area contributed by atoms with Gasteiger partial charge in [-0.05, 0) is 18.9 Å². The van der Waals surface area contributed by atoms with Gasteiger partial charge in [-0.3, -0.25) is 4.79 Å². The summed E-state index contributed by atoms with van der Waals surface area (Å²) in [5, 5.41) is 2.63. The molecule has 4 heteroatoms. The quantitative estimate of drug-likeness (QED) is 0.419. The average Bonchev–Trinajstić information content (AvgIpc) is 2.69. The molecule has 0 aromatic rings. The molecule has 0 saturated carbocycles. The molecule has 1 rings (SSSR count). The van der Waals surface area contributed by atoms with E-state index in [1.54, 1.807) is 0 Å². The lowest BCUT2D eigenvalue weighted by Gasteiger charge is -2.05. The summed E-state index contributed by atoms with van der Waals surface area (Å²) in [5.41, 5.74) is 0. The summed E-state index contributed by atoms with van der Waals surface area (Å²) < 4.78 is 4.76. The molecule has 1 N–H and O–H groups in total. The standard InChI is InChI=1S/C13H21NO3/c1-2-3-4-5-6-7-8-12(15)14-11-9-10-17-13(11)16/h7-8,11H,2-6,9-10H2,1H3,(H,14,15)/b8-7+. The van der Waals surface area contributed by atoms with Gasteiger partial charge in [0.1, 0.15) is 6.04 Å². The van der Waals surface area contributed by atoms with Crippen LogP contribution in [0.4, 0.5) is 0 Å². The number of ether oxygens (including phenoxy) is 1. The molecular weight excluding hydrogens is 218 g/mol. The van der Waals surface area contributed by atoms with E-state index in [0.29, 0.717) is 13.0 Å². The lowest BCUT2D eigenvalue weighted by Crippen LogP contribution is -2.36. The van der Waals surface area contributed by atoms with Gasteiger partial charge in [0.05, 0.1) is 6.61 Å². The lowest BCUT2D eigenvalue weighted by molar-refractivity contribution is -0.140. The highest BCUT2D eigenvalue weighted by molar-refractivity contribution is 5.91. The number of hydrogen-bond donors (Lipinski definition) is 1. The SMILES string of the molecule is CCCCCC/C=C/C(=O)NC1CCOC1=O. The van der Waals surface area contributed by atoms with Crippen LogP contribution in [0.5, 0.6) is 0 Å². The minimum absolute atomic E-state index is 0.204. The maximum Gasteiger partial charge on any atom is 0.328 e. The zero-order valence-electron chi connectivity index (χ0n) is 10.4. The third-order valence-electron chi connectivity index (χ3n) is 2.75. The Morgan fingerprint density at radius 3 is 2.94 bits per heavy atom. The molecule has 96 valence electrons. The zero-order chi connectivity index (χ0) is 12.5. The van der Waals surface area contributed by atoms with Crippen LogP contribution in [0.15, 0.2) is 12.2 Å². The number of carbonyl (C=O) groups excluding carboxylic acids is 2. The summed E-state index contributed by atoms with van der Waals surface area (Å²) in [6.45, 7) is 2.58. The zero-order valence-corrected chi connectivity index (χ0v) is 10.4. The van der Waals surface area contributed by atoms with Crippen molar-refractivity contribution in [3.63, 3.8) is 0 Å². The molecule has 0 aliphatic carbocycles. The molecule has 1 aliphatic heterocycles. The predicted molar refractivity (Wildman–Crippen MR) is 65.4 cm³/mol. The Hall–Kier alpha value is -1.32.